The summed E-state index contributed by atoms with van der Waals surface area (Å²) in [5.41, 5.74) is 2.74. The molecule has 2 aromatic carbocycles. The van der Waals surface area contributed by atoms with Crippen molar-refractivity contribution in [3.63, 3.8) is 0 Å². The average Bonchev–Trinajstić information content (AvgIpc) is 3.26. The zero-order valence-corrected chi connectivity index (χ0v) is 19.9. The summed E-state index contributed by atoms with van der Waals surface area (Å²) in [5.74, 6) is 4.35. The quantitative estimate of drug-likeness (QED) is 0.448. The Bertz CT molecular complexity index is 1120. The Hall–Kier alpha value is -3.30. The van der Waals surface area contributed by atoms with Gasteiger partial charge in [-0.1, -0.05) is 6.07 Å². The van der Waals surface area contributed by atoms with Crippen LogP contribution >= 0.6 is 0 Å². The molecule has 0 saturated carbocycles. The number of aliphatic imine (C=N–C) groups is 1. The van der Waals surface area contributed by atoms with E-state index >= 15 is 0 Å². The summed E-state index contributed by atoms with van der Waals surface area (Å²) in [5, 5.41) is 0. The first kappa shape index (κ1) is 24.8. The van der Waals surface area contributed by atoms with Crippen molar-refractivity contribution < 1.29 is 23.1 Å². The van der Waals surface area contributed by atoms with Gasteiger partial charge in [0.15, 0.2) is 0 Å². The number of hydrogen-bond donors (Lipinski definition) is 1. The zero-order chi connectivity index (χ0) is 24.9. The minimum absolute atomic E-state index is 0.142. The Balaban J connectivity index is 1.61. The first-order chi connectivity index (χ1) is 16.9. The molecule has 2 atom stereocenters. The van der Waals surface area contributed by atoms with Gasteiger partial charge in [0.25, 0.3) is 0 Å². The largest absolute Gasteiger partial charge is 0.495 e. The van der Waals surface area contributed by atoms with Crippen LogP contribution in [-0.2, 0) is 9.63 Å². The Morgan fingerprint density at radius 1 is 1.23 bits per heavy atom. The normalized spacial score (nSPS) is 20.1. The molecule has 2 unspecified atom stereocenters. The number of ether oxygens (including phenoxy) is 1. The number of halogens is 2. The second-order valence-electron chi connectivity index (χ2n) is 8.85. The second-order valence-corrected chi connectivity index (χ2v) is 8.85. The Kier molecular flexibility index (Phi) is 7.77. The molecular weight excluding hydrogens is 454 g/mol. The predicted molar refractivity (Wildman–Crippen MR) is 131 cm³/mol. The number of nitrogens with zero attached hydrogens (tertiary/aromatic N) is 3. The van der Waals surface area contributed by atoms with Gasteiger partial charge in [-0.2, -0.15) is 0 Å². The number of nitrogens with two attached hydrogens (primary N) is 1. The van der Waals surface area contributed by atoms with Gasteiger partial charge in [0.05, 0.1) is 37.8 Å². The lowest BCUT2D eigenvalue weighted by molar-refractivity contribution is -0.131. The number of carbonyl (C=O) groups is 1. The smallest absolute Gasteiger partial charge is 0.250 e. The summed E-state index contributed by atoms with van der Waals surface area (Å²) in [6, 6.07) is 8.77. The first-order valence-corrected chi connectivity index (χ1v) is 11.7. The maximum Gasteiger partial charge on any atom is 0.250 e. The minimum atomic E-state index is -0.691. The summed E-state index contributed by atoms with van der Waals surface area (Å²) in [6.45, 7) is 3.44. The number of likely N-dealkylation sites (tertiary alicyclic amines) is 1. The summed E-state index contributed by atoms with van der Waals surface area (Å²) < 4.78 is 33.5. The zero-order valence-electron chi connectivity index (χ0n) is 19.9. The molecule has 1 saturated heterocycles. The second kappa shape index (κ2) is 11.0. The van der Waals surface area contributed by atoms with Crippen LogP contribution in [0.4, 0.5) is 14.5 Å². The van der Waals surface area contributed by atoms with Gasteiger partial charge in [-0.15, -0.1) is 0 Å². The van der Waals surface area contributed by atoms with E-state index in [-0.39, 0.29) is 18.6 Å². The van der Waals surface area contributed by atoms with Crippen LogP contribution in [0, 0.1) is 11.6 Å². The predicted octanol–water partition coefficient (Wildman–Crippen LogP) is 4.24. The number of piperidine rings is 1. The third-order valence-corrected chi connectivity index (χ3v) is 6.31. The summed E-state index contributed by atoms with van der Waals surface area (Å²) >= 11 is 0. The maximum absolute atomic E-state index is 13.9. The van der Waals surface area contributed by atoms with Crippen LogP contribution in [0.1, 0.15) is 43.4 Å². The van der Waals surface area contributed by atoms with E-state index in [9.17, 15) is 13.6 Å². The van der Waals surface area contributed by atoms with Crippen molar-refractivity contribution in [1.29, 1.82) is 0 Å². The van der Waals surface area contributed by atoms with Crippen LogP contribution in [0.25, 0.3) is 6.08 Å². The molecule has 2 N–H and O–H groups in total. The fraction of sp³-hybridized carbons (Fsp3) is 0.385. The van der Waals surface area contributed by atoms with Crippen LogP contribution < -0.4 is 15.5 Å². The third-order valence-electron chi connectivity index (χ3n) is 6.31. The first-order valence-electron chi connectivity index (χ1n) is 11.7. The van der Waals surface area contributed by atoms with E-state index in [1.54, 1.807) is 12.0 Å². The summed E-state index contributed by atoms with van der Waals surface area (Å²) in [7, 11) is 1.61. The van der Waals surface area contributed by atoms with Gasteiger partial charge in [-0.05, 0) is 67.7 Å². The Labute approximate surface area is 203 Å². The van der Waals surface area contributed by atoms with Crippen LogP contribution in [-0.4, -0.2) is 50.0 Å². The van der Waals surface area contributed by atoms with Crippen molar-refractivity contribution in [3.05, 3.63) is 64.7 Å². The highest BCUT2D eigenvalue weighted by Crippen LogP contribution is 2.34. The van der Waals surface area contributed by atoms with Crippen LogP contribution in [0.15, 0.2) is 47.0 Å². The molecule has 7 nitrogen and oxygen atoms in total. The molecule has 2 heterocycles. The number of amides is 1. The topological polar surface area (TPSA) is 80.4 Å². The average molecular weight is 485 g/mol. The van der Waals surface area contributed by atoms with Gasteiger partial charge in [-0.25, -0.2) is 14.7 Å². The number of benzene rings is 2. The number of carbonyl (C=O) groups excluding carboxylic acids is 1. The van der Waals surface area contributed by atoms with E-state index in [1.165, 1.54) is 12.1 Å². The lowest BCUT2D eigenvalue weighted by atomic mass is 9.95. The van der Waals surface area contributed by atoms with Crippen molar-refractivity contribution in [1.82, 2.24) is 4.90 Å². The van der Waals surface area contributed by atoms with E-state index in [4.69, 9.17) is 15.5 Å². The highest BCUT2D eigenvalue weighted by Gasteiger charge is 2.31. The number of methoxy groups -OCH3 is 1. The Morgan fingerprint density at radius 2 is 2.00 bits per heavy atom. The van der Waals surface area contributed by atoms with Gasteiger partial charge in [0.1, 0.15) is 17.4 Å². The van der Waals surface area contributed by atoms with Crippen molar-refractivity contribution >= 4 is 24.0 Å². The molecule has 2 aromatic rings. The van der Waals surface area contributed by atoms with Crippen molar-refractivity contribution in [2.24, 2.45) is 10.9 Å². The maximum atomic E-state index is 13.9. The van der Waals surface area contributed by atoms with E-state index in [0.717, 1.165) is 30.3 Å². The molecule has 0 radical (unpaired) electrons. The molecule has 2 aliphatic heterocycles. The van der Waals surface area contributed by atoms with E-state index in [2.05, 4.69) is 4.99 Å². The number of rotatable bonds is 8. The van der Waals surface area contributed by atoms with Gasteiger partial charge in [0.2, 0.25) is 5.91 Å². The molecular formula is C26H30F2N4O3. The van der Waals surface area contributed by atoms with Crippen molar-refractivity contribution in [3.8, 4) is 5.75 Å². The SMILES string of the molecule is COc1cc(/C=C2\CCCN(C(CCON)c3cc(F)cc(F)c3)C2=O)ccc1N1C=NC(C)C1. The molecule has 0 aromatic heterocycles. The van der Waals surface area contributed by atoms with E-state index in [1.807, 2.05) is 42.4 Å². The number of anilines is 1. The fourth-order valence-corrected chi connectivity index (χ4v) is 4.67. The molecule has 0 spiro atoms. The highest BCUT2D eigenvalue weighted by molar-refractivity contribution is 5.99. The van der Waals surface area contributed by atoms with Crippen LogP contribution in [0.3, 0.4) is 0 Å². The van der Waals surface area contributed by atoms with Gasteiger partial charge in [-0.3, -0.25) is 9.79 Å². The molecule has 0 aliphatic carbocycles. The molecule has 186 valence electrons. The monoisotopic (exact) mass is 484 g/mol. The van der Waals surface area contributed by atoms with Crippen LogP contribution in [0.2, 0.25) is 0 Å². The van der Waals surface area contributed by atoms with Gasteiger partial charge in [0, 0.05) is 24.7 Å². The molecule has 2 aliphatic rings. The molecule has 0 bridgehead atoms. The minimum Gasteiger partial charge on any atom is -0.495 e. The molecule has 35 heavy (non-hydrogen) atoms. The van der Waals surface area contributed by atoms with Gasteiger partial charge < -0.3 is 19.4 Å². The third kappa shape index (κ3) is 5.68. The van der Waals surface area contributed by atoms with Crippen molar-refractivity contribution in [2.45, 2.75) is 38.3 Å². The van der Waals surface area contributed by atoms with E-state index < -0.39 is 17.7 Å². The van der Waals surface area contributed by atoms with Gasteiger partial charge >= 0.3 is 0 Å². The summed E-state index contributed by atoms with van der Waals surface area (Å²) in [4.78, 5) is 26.3. The fourth-order valence-electron chi connectivity index (χ4n) is 4.67. The Morgan fingerprint density at radius 3 is 2.66 bits per heavy atom. The molecule has 9 heteroatoms. The lowest BCUT2D eigenvalue weighted by Gasteiger charge is -2.36. The molecule has 1 amide bonds. The van der Waals surface area contributed by atoms with Crippen molar-refractivity contribution in [2.75, 3.05) is 31.7 Å². The standard InChI is InChI=1S/C26H30F2N4O3/c1-17-15-31(16-30-17)24-6-5-18(11-25(24)34-2)10-19-4-3-8-32(26(19)33)23(7-9-35-29)20-12-21(27)14-22(28)13-20/h5-6,10-14,16-17,23H,3-4,7-9,15,29H2,1-2H3/b19-10+. The number of hydrogen-bond acceptors (Lipinski definition) is 6. The molecule has 4 rings (SSSR count). The molecule has 1 fully saturated rings. The van der Waals surface area contributed by atoms with Crippen LogP contribution in [0.5, 0.6) is 5.75 Å². The summed E-state index contributed by atoms with van der Waals surface area (Å²) in [6.07, 6.45) is 5.31. The lowest BCUT2D eigenvalue weighted by Crippen LogP contribution is -2.40. The highest BCUT2D eigenvalue weighted by atomic mass is 19.1. The van der Waals surface area contributed by atoms with E-state index in [0.29, 0.717) is 36.3 Å².